The fraction of sp³-hybridized carbons (Fsp3) is 0. The lowest BCUT2D eigenvalue weighted by Gasteiger charge is -2.00. The first-order valence-corrected chi connectivity index (χ1v) is 4.70. The number of aromatic nitrogens is 1. The van der Waals surface area contributed by atoms with Crippen molar-refractivity contribution in [2.45, 2.75) is 0 Å². The highest BCUT2D eigenvalue weighted by molar-refractivity contribution is 6.02. The summed E-state index contributed by atoms with van der Waals surface area (Å²) >= 11 is 0. The van der Waals surface area contributed by atoms with Gasteiger partial charge >= 0.3 is 5.97 Å². The highest BCUT2D eigenvalue weighted by Crippen LogP contribution is 2.17. The zero-order valence-corrected chi connectivity index (χ0v) is 8.58. The highest BCUT2D eigenvalue weighted by atomic mass is 16.4. The quantitative estimate of drug-likeness (QED) is 0.780. The lowest BCUT2D eigenvalue weighted by Crippen LogP contribution is -2.08. The Morgan fingerprint density at radius 2 is 2.18 bits per heavy atom. The van der Waals surface area contributed by atoms with Crippen LogP contribution in [0.5, 0.6) is 0 Å². The third-order valence-corrected chi connectivity index (χ3v) is 1.98. The van der Waals surface area contributed by atoms with Crippen LogP contribution in [0.1, 0.15) is 0 Å². The first-order valence-electron chi connectivity index (χ1n) is 4.70. The van der Waals surface area contributed by atoms with Gasteiger partial charge in [-0.2, -0.15) is 0 Å². The van der Waals surface area contributed by atoms with Crippen molar-refractivity contribution in [2.75, 3.05) is 5.32 Å². The Morgan fingerprint density at radius 1 is 1.35 bits per heavy atom. The molecular formula is C11H8N2O4. The van der Waals surface area contributed by atoms with Gasteiger partial charge in [-0.15, -0.1) is 0 Å². The number of carboxylic acid groups (broad SMARTS) is 1. The van der Waals surface area contributed by atoms with Gasteiger partial charge in [0.05, 0.1) is 0 Å². The van der Waals surface area contributed by atoms with Gasteiger partial charge in [-0.25, -0.2) is 9.78 Å². The van der Waals surface area contributed by atoms with E-state index in [1.165, 1.54) is 6.39 Å². The molecule has 0 saturated carbocycles. The SMILES string of the molecule is O=C(O)C=CC(=O)Nc1ccc2ncoc2c1. The van der Waals surface area contributed by atoms with Gasteiger partial charge in [0.15, 0.2) is 12.0 Å². The number of aliphatic carboxylic acids is 1. The molecule has 6 heteroatoms. The predicted molar refractivity (Wildman–Crippen MR) is 59.4 cm³/mol. The van der Waals surface area contributed by atoms with Crippen molar-refractivity contribution in [3.8, 4) is 0 Å². The van der Waals surface area contributed by atoms with Crippen molar-refractivity contribution >= 4 is 28.7 Å². The zero-order chi connectivity index (χ0) is 12.3. The van der Waals surface area contributed by atoms with Crippen LogP contribution in [0.4, 0.5) is 5.69 Å². The smallest absolute Gasteiger partial charge is 0.328 e. The predicted octanol–water partition coefficient (Wildman–Crippen LogP) is 1.41. The number of carbonyl (C=O) groups is 2. The Balaban J connectivity index is 2.12. The average Bonchev–Trinajstić information content (AvgIpc) is 2.73. The number of fused-ring (bicyclic) bond motifs is 1. The Bertz CT molecular complexity index is 600. The second-order valence-electron chi connectivity index (χ2n) is 3.20. The molecule has 6 nitrogen and oxygen atoms in total. The van der Waals surface area contributed by atoms with Gasteiger partial charge in [0.25, 0.3) is 0 Å². The Kier molecular flexibility index (Phi) is 2.87. The number of oxazole rings is 1. The second-order valence-corrected chi connectivity index (χ2v) is 3.20. The number of rotatable bonds is 3. The van der Waals surface area contributed by atoms with Crippen LogP contribution in [-0.2, 0) is 9.59 Å². The molecule has 0 bridgehead atoms. The van der Waals surface area contributed by atoms with Crippen molar-refractivity contribution in [3.05, 3.63) is 36.7 Å². The van der Waals surface area contributed by atoms with Gasteiger partial charge < -0.3 is 14.8 Å². The highest BCUT2D eigenvalue weighted by Gasteiger charge is 2.02. The number of carboxylic acids is 1. The largest absolute Gasteiger partial charge is 0.478 e. The van der Waals surface area contributed by atoms with Gasteiger partial charge in [0.1, 0.15) is 5.52 Å². The van der Waals surface area contributed by atoms with Gasteiger partial charge in [0, 0.05) is 23.9 Å². The number of hydrogen-bond acceptors (Lipinski definition) is 4. The Morgan fingerprint density at radius 3 is 2.94 bits per heavy atom. The van der Waals surface area contributed by atoms with Crippen LogP contribution < -0.4 is 5.32 Å². The van der Waals surface area contributed by atoms with E-state index in [9.17, 15) is 9.59 Å². The third-order valence-electron chi connectivity index (χ3n) is 1.98. The molecule has 0 unspecified atom stereocenters. The van der Waals surface area contributed by atoms with Crippen LogP contribution in [0.2, 0.25) is 0 Å². The standard InChI is InChI=1S/C11H8N2O4/c14-10(3-4-11(15)16)13-7-1-2-8-9(5-7)17-6-12-8/h1-6H,(H,13,14)(H,15,16). The maximum Gasteiger partial charge on any atom is 0.328 e. The Hall–Kier alpha value is -2.63. The summed E-state index contributed by atoms with van der Waals surface area (Å²) in [5.74, 6) is -1.70. The van der Waals surface area contributed by atoms with Crippen LogP contribution >= 0.6 is 0 Å². The fourth-order valence-corrected chi connectivity index (χ4v) is 1.26. The van der Waals surface area contributed by atoms with E-state index in [2.05, 4.69) is 10.3 Å². The lowest BCUT2D eigenvalue weighted by molar-refractivity contribution is -0.131. The molecule has 0 aliphatic rings. The fourth-order valence-electron chi connectivity index (χ4n) is 1.26. The minimum absolute atomic E-state index is 0.509. The average molecular weight is 232 g/mol. The van der Waals surface area contributed by atoms with E-state index in [1.54, 1.807) is 18.2 Å². The molecule has 2 N–H and O–H groups in total. The van der Waals surface area contributed by atoms with E-state index in [1.807, 2.05) is 0 Å². The molecule has 0 atom stereocenters. The number of nitrogens with zero attached hydrogens (tertiary/aromatic N) is 1. The maximum atomic E-state index is 11.3. The normalized spacial score (nSPS) is 10.8. The number of nitrogens with one attached hydrogen (secondary N) is 1. The van der Waals surface area contributed by atoms with E-state index in [-0.39, 0.29) is 0 Å². The topological polar surface area (TPSA) is 92.4 Å². The first kappa shape index (κ1) is 10.9. The van der Waals surface area contributed by atoms with Gasteiger partial charge in [-0.05, 0) is 12.1 Å². The molecule has 1 amide bonds. The van der Waals surface area contributed by atoms with Crippen molar-refractivity contribution < 1.29 is 19.1 Å². The van der Waals surface area contributed by atoms with Crippen molar-refractivity contribution in [2.24, 2.45) is 0 Å². The summed E-state index contributed by atoms with van der Waals surface area (Å²) in [5, 5.41) is 10.9. The second kappa shape index (κ2) is 4.48. The summed E-state index contributed by atoms with van der Waals surface area (Å²) in [6.07, 6.45) is 3.01. The van der Waals surface area contributed by atoms with Crippen LogP contribution in [0.25, 0.3) is 11.1 Å². The molecule has 17 heavy (non-hydrogen) atoms. The van der Waals surface area contributed by atoms with E-state index in [4.69, 9.17) is 9.52 Å². The first-order chi connectivity index (χ1) is 8.15. The van der Waals surface area contributed by atoms with E-state index in [0.29, 0.717) is 16.8 Å². The van der Waals surface area contributed by atoms with Crippen LogP contribution in [0, 0.1) is 0 Å². The molecule has 1 aromatic carbocycles. The molecule has 2 aromatic rings. The summed E-state index contributed by atoms with van der Waals surface area (Å²) < 4.78 is 5.06. The van der Waals surface area contributed by atoms with Gasteiger partial charge in [-0.1, -0.05) is 0 Å². The minimum atomic E-state index is -1.18. The van der Waals surface area contributed by atoms with E-state index in [0.717, 1.165) is 12.2 Å². The summed E-state index contributed by atoms with van der Waals surface area (Å²) in [7, 11) is 0. The minimum Gasteiger partial charge on any atom is -0.478 e. The summed E-state index contributed by atoms with van der Waals surface area (Å²) in [5.41, 5.74) is 1.74. The molecule has 0 spiro atoms. The molecule has 0 radical (unpaired) electrons. The van der Waals surface area contributed by atoms with Crippen LogP contribution in [0.3, 0.4) is 0 Å². The van der Waals surface area contributed by atoms with Gasteiger partial charge in [0.2, 0.25) is 5.91 Å². The molecule has 2 rings (SSSR count). The number of anilines is 1. The van der Waals surface area contributed by atoms with Crippen molar-refractivity contribution in [1.29, 1.82) is 0 Å². The third kappa shape index (κ3) is 2.69. The van der Waals surface area contributed by atoms with Gasteiger partial charge in [-0.3, -0.25) is 4.79 Å². The number of amides is 1. The molecule has 0 aliphatic heterocycles. The molecular weight excluding hydrogens is 224 g/mol. The molecule has 0 fully saturated rings. The molecule has 0 saturated heterocycles. The monoisotopic (exact) mass is 232 g/mol. The molecule has 86 valence electrons. The molecule has 0 aliphatic carbocycles. The zero-order valence-electron chi connectivity index (χ0n) is 8.58. The van der Waals surface area contributed by atoms with Crippen molar-refractivity contribution in [3.63, 3.8) is 0 Å². The Labute approximate surface area is 95.6 Å². The van der Waals surface area contributed by atoms with E-state index >= 15 is 0 Å². The van der Waals surface area contributed by atoms with E-state index < -0.39 is 11.9 Å². The summed E-state index contributed by atoms with van der Waals surface area (Å²) in [6, 6.07) is 4.95. The van der Waals surface area contributed by atoms with Crippen molar-refractivity contribution in [1.82, 2.24) is 4.98 Å². The number of hydrogen-bond donors (Lipinski definition) is 2. The summed E-state index contributed by atoms with van der Waals surface area (Å²) in [6.45, 7) is 0. The van der Waals surface area contributed by atoms with Crippen LogP contribution in [0.15, 0.2) is 41.2 Å². The maximum absolute atomic E-state index is 11.3. The lowest BCUT2D eigenvalue weighted by atomic mass is 10.3. The van der Waals surface area contributed by atoms with Crippen LogP contribution in [-0.4, -0.2) is 22.0 Å². The number of benzene rings is 1. The summed E-state index contributed by atoms with van der Waals surface area (Å²) in [4.78, 5) is 25.4. The number of carbonyl (C=O) groups excluding carboxylic acids is 1. The molecule has 1 aromatic heterocycles. The molecule has 1 heterocycles.